The third-order valence-corrected chi connectivity index (χ3v) is 8.03. The molecule has 0 saturated carbocycles. The fourth-order valence-electron chi connectivity index (χ4n) is 4.57. The van der Waals surface area contributed by atoms with Crippen LogP contribution in [0.2, 0.25) is 0 Å². The molecule has 6 nitrogen and oxygen atoms in total. The van der Waals surface area contributed by atoms with Gasteiger partial charge >= 0.3 is 0 Å². The molecule has 0 bridgehead atoms. The number of piperidine rings is 1. The average molecular weight is 413 g/mol. The molecule has 2 aliphatic heterocycles. The first-order chi connectivity index (χ1) is 13.9. The zero-order valence-corrected chi connectivity index (χ0v) is 16.6. The number of carbonyl (C=O) groups excluding carboxylic acids is 1. The van der Waals surface area contributed by atoms with E-state index in [0.717, 1.165) is 22.1 Å². The zero-order chi connectivity index (χ0) is 20.3. The van der Waals surface area contributed by atoms with E-state index in [9.17, 15) is 17.6 Å². The highest BCUT2D eigenvalue weighted by molar-refractivity contribution is 7.89. The molecule has 0 spiro atoms. The average Bonchev–Trinajstić information content (AvgIpc) is 3.18. The second-order valence-electron chi connectivity index (χ2n) is 7.65. The molecular weight excluding hydrogens is 393 g/mol. The first-order valence-corrected chi connectivity index (χ1v) is 11.0. The highest BCUT2D eigenvalue weighted by atomic mass is 32.2. The van der Waals surface area contributed by atoms with Crippen LogP contribution in [0.15, 0.2) is 47.5 Å². The lowest BCUT2D eigenvalue weighted by atomic mass is 9.98. The van der Waals surface area contributed by atoms with Crippen molar-refractivity contribution in [2.75, 3.05) is 6.54 Å². The highest BCUT2D eigenvalue weighted by Gasteiger charge is 2.45. The first kappa shape index (κ1) is 18.3. The molecule has 5 rings (SSSR count). The summed E-state index contributed by atoms with van der Waals surface area (Å²) in [5.41, 5.74) is 3.18. The number of benzene rings is 2. The van der Waals surface area contributed by atoms with Crippen molar-refractivity contribution >= 4 is 26.8 Å². The van der Waals surface area contributed by atoms with E-state index < -0.39 is 10.0 Å². The molecule has 1 amide bonds. The van der Waals surface area contributed by atoms with E-state index in [0.29, 0.717) is 23.4 Å². The summed E-state index contributed by atoms with van der Waals surface area (Å²) in [4.78, 5) is 15.2. The topological polar surface area (TPSA) is 82.3 Å². The van der Waals surface area contributed by atoms with Gasteiger partial charge in [-0.05, 0) is 54.8 Å². The number of aromatic nitrogens is 1. The summed E-state index contributed by atoms with van der Waals surface area (Å²) in [6.45, 7) is 2.35. The van der Waals surface area contributed by atoms with E-state index in [1.165, 1.54) is 16.4 Å². The van der Waals surface area contributed by atoms with Gasteiger partial charge in [-0.3, -0.25) is 4.79 Å². The SMILES string of the molecule is C[C@H]1c2cc(-c3c[nH]c4cc(F)ccc34)ccc2S(=O)(=O)N1C1CCNC(=O)C1. The van der Waals surface area contributed by atoms with E-state index in [-0.39, 0.29) is 30.2 Å². The van der Waals surface area contributed by atoms with Crippen molar-refractivity contribution in [1.82, 2.24) is 14.6 Å². The molecule has 1 aromatic heterocycles. The predicted molar refractivity (Wildman–Crippen MR) is 107 cm³/mol. The molecule has 29 heavy (non-hydrogen) atoms. The Morgan fingerprint density at radius 2 is 2.00 bits per heavy atom. The molecule has 3 aromatic rings. The summed E-state index contributed by atoms with van der Waals surface area (Å²) in [6, 6.07) is 9.20. The molecule has 1 saturated heterocycles. The molecule has 150 valence electrons. The smallest absolute Gasteiger partial charge is 0.244 e. The first-order valence-electron chi connectivity index (χ1n) is 9.57. The van der Waals surface area contributed by atoms with Crippen LogP contribution in [0.4, 0.5) is 4.39 Å². The Labute approximate surface area is 167 Å². The minimum absolute atomic E-state index is 0.119. The monoisotopic (exact) mass is 413 g/mol. The lowest BCUT2D eigenvalue weighted by Gasteiger charge is -2.32. The van der Waals surface area contributed by atoms with Crippen molar-refractivity contribution in [2.24, 2.45) is 0 Å². The Hall–Kier alpha value is -2.71. The Kier molecular flexibility index (Phi) is 4.04. The van der Waals surface area contributed by atoms with E-state index in [1.54, 1.807) is 18.2 Å². The van der Waals surface area contributed by atoms with Crippen molar-refractivity contribution in [3.8, 4) is 11.1 Å². The highest BCUT2D eigenvalue weighted by Crippen LogP contribution is 2.44. The molecule has 1 fully saturated rings. The van der Waals surface area contributed by atoms with Gasteiger partial charge in [0.05, 0.1) is 4.90 Å². The second-order valence-corrected chi connectivity index (χ2v) is 9.46. The van der Waals surface area contributed by atoms with Crippen LogP contribution in [0.25, 0.3) is 22.0 Å². The van der Waals surface area contributed by atoms with Gasteiger partial charge in [-0.25, -0.2) is 12.8 Å². The molecule has 0 radical (unpaired) electrons. The fraction of sp³-hybridized carbons (Fsp3) is 0.286. The number of aromatic amines is 1. The van der Waals surface area contributed by atoms with Crippen LogP contribution in [0.5, 0.6) is 0 Å². The van der Waals surface area contributed by atoms with E-state index >= 15 is 0 Å². The zero-order valence-electron chi connectivity index (χ0n) is 15.8. The predicted octanol–water partition coefficient (Wildman–Crippen LogP) is 3.32. The standard InChI is InChI=1S/C21H20FN3O3S/c1-12-17-8-13(18-11-24-19-9-14(22)3-4-16(18)19)2-5-20(17)29(27,28)25(12)15-6-7-23-21(26)10-15/h2-5,8-9,11-12,15,24H,6-7,10H2,1H3,(H,23,26)/t12-,15?/m0/s1. The minimum atomic E-state index is -3.66. The van der Waals surface area contributed by atoms with Crippen LogP contribution in [0.1, 0.15) is 31.4 Å². The number of amides is 1. The Morgan fingerprint density at radius 1 is 1.17 bits per heavy atom. The third-order valence-electron chi connectivity index (χ3n) is 5.93. The molecule has 2 N–H and O–H groups in total. The van der Waals surface area contributed by atoms with Crippen LogP contribution in [-0.4, -0.2) is 36.2 Å². The van der Waals surface area contributed by atoms with Crippen molar-refractivity contribution in [3.63, 3.8) is 0 Å². The maximum atomic E-state index is 13.5. The van der Waals surface area contributed by atoms with Gasteiger partial charge in [0.25, 0.3) is 0 Å². The van der Waals surface area contributed by atoms with Gasteiger partial charge in [-0.2, -0.15) is 4.31 Å². The number of hydrogen-bond donors (Lipinski definition) is 2. The van der Waals surface area contributed by atoms with E-state index in [4.69, 9.17) is 0 Å². The number of nitrogens with zero attached hydrogens (tertiary/aromatic N) is 1. The van der Waals surface area contributed by atoms with Crippen LogP contribution >= 0.6 is 0 Å². The van der Waals surface area contributed by atoms with Crippen molar-refractivity contribution < 1.29 is 17.6 Å². The number of halogens is 1. The van der Waals surface area contributed by atoms with E-state index in [1.807, 2.05) is 19.2 Å². The number of carbonyl (C=O) groups is 1. The summed E-state index contributed by atoms with van der Waals surface area (Å²) >= 11 is 0. The van der Waals surface area contributed by atoms with Gasteiger partial charge in [-0.1, -0.05) is 6.07 Å². The summed E-state index contributed by atoms with van der Waals surface area (Å²) in [7, 11) is -3.66. The Bertz CT molecular complexity index is 1250. The number of nitrogens with one attached hydrogen (secondary N) is 2. The number of sulfonamides is 1. The van der Waals surface area contributed by atoms with E-state index in [2.05, 4.69) is 10.3 Å². The summed E-state index contributed by atoms with van der Waals surface area (Å²) < 4.78 is 41.4. The number of H-pyrrole nitrogens is 1. The largest absolute Gasteiger partial charge is 0.360 e. The van der Waals surface area contributed by atoms with Gasteiger partial charge in [0, 0.05) is 47.7 Å². The summed E-state index contributed by atoms with van der Waals surface area (Å²) in [6.07, 6.45) is 2.59. The molecule has 1 unspecified atom stereocenters. The fourth-order valence-corrected chi connectivity index (χ4v) is 6.67. The molecule has 2 aromatic carbocycles. The number of rotatable bonds is 2. The van der Waals surface area contributed by atoms with Gasteiger partial charge in [0.1, 0.15) is 5.82 Å². The maximum absolute atomic E-state index is 13.5. The molecule has 8 heteroatoms. The number of fused-ring (bicyclic) bond motifs is 2. The molecule has 3 heterocycles. The normalized spacial score (nSPS) is 23.9. The van der Waals surface area contributed by atoms with Crippen molar-refractivity contribution in [3.05, 3.63) is 54.0 Å². The molecule has 2 atom stereocenters. The minimum Gasteiger partial charge on any atom is -0.360 e. The van der Waals surface area contributed by atoms with Crippen LogP contribution < -0.4 is 5.32 Å². The summed E-state index contributed by atoms with van der Waals surface area (Å²) in [5.74, 6) is -0.432. The van der Waals surface area contributed by atoms with Crippen LogP contribution in [0, 0.1) is 5.82 Å². The van der Waals surface area contributed by atoms with Crippen molar-refractivity contribution in [1.29, 1.82) is 0 Å². The van der Waals surface area contributed by atoms with Crippen LogP contribution in [0.3, 0.4) is 0 Å². The molecule has 2 aliphatic rings. The second kappa shape index (κ2) is 6.40. The Morgan fingerprint density at radius 3 is 2.79 bits per heavy atom. The van der Waals surface area contributed by atoms with Gasteiger partial charge in [0.15, 0.2) is 0 Å². The number of hydrogen-bond acceptors (Lipinski definition) is 3. The van der Waals surface area contributed by atoms with Crippen molar-refractivity contribution in [2.45, 2.75) is 36.7 Å². The molecule has 0 aliphatic carbocycles. The van der Waals surface area contributed by atoms with Crippen LogP contribution in [-0.2, 0) is 14.8 Å². The Balaban J connectivity index is 1.58. The quantitative estimate of drug-likeness (QED) is 0.676. The van der Waals surface area contributed by atoms with Gasteiger partial charge in [-0.15, -0.1) is 0 Å². The van der Waals surface area contributed by atoms with Gasteiger partial charge < -0.3 is 10.3 Å². The lowest BCUT2D eigenvalue weighted by Crippen LogP contribution is -2.46. The summed E-state index contributed by atoms with van der Waals surface area (Å²) in [5, 5.41) is 3.63. The lowest BCUT2D eigenvalue weighted by molar-refractivity contribution is -0.123. The molecular formula is C21H20FN3O3S. The van der Waals surface area contributed by atoms with Gasteiger partial charge in [0.2, 0.25) is 15.9 Å². The third kappa shape index (κ3) is 2.78. The maximum Gasteiger partial charge on any atom is 0.244 e.